The SMILES string of the molecule is C=C1CC(C2=CCC(C)(C)CC2)C1. The van der Waals surface area contributed by atoms with Gasteiger partial charge in [-0.1, -0.05) is 37.6 Å². The first kappa shape index (κ1) is 9.05. The van der Waals surface area contributed by atoms with Gasteiger partial charge in [0.1, 0.15) is 0 Å². The van der Waals surface area contributed by atoms with E-state index in [9.17, 15) is 0 Å². The molecule has 13 heavy (non-hydrogen) atoms. The van der Waals surface area contributed by atoms with E-state index in [2.05, 4.69) is 26.5 Å². The molecule has 0 unspecified atom stereocenters. The summed E-state index contributed by atoms with van der Waals surface area (Å²) in [6, 6.07) is 0. The zero-order chi connectivity index (χ0) is 9.47. The average molecular weight is 176 g/mol. The van der Waals surface area contributed by atoms with Gasteiger partial charge in [0.2, 0.25) is 0 Å². The van der Waals surface area contributed by atoms with Crippen LogP contribution in [-0.2, 0) is 0 Å². The van der Waals surface area contributed by atoms with Crippen LogP contribution in [0.25, 0.3) is 0 Å². The van der Waals surface area contributed by atoms with Crippen LogP contribution in [0.15, 0.2) is 23.8 Å². The van der Waals surface area contributed by atoms with Crippen LogP contribution in [0, 0.1) is 11.3 Å². The van der Waals surface area contributed by atoms with Crippen molar-refractivity contribution in [1.29, 1.82) is 0 Å². The van der Waals surface area contributed by atoms with Crippen LogP contribution in [-0.4, -0.2) is 0 Å². The molecule has 2 aliphatic rings. The van der Waals surface area contributed by atoms with Crippen molar-refractivity contribution in [1.82, 2.24) is 0 Å². The maximum absolute atomic E-state index is 4.01. The fourth-order valence-corrected chi connectivity index (χ4v) is 2.36. The molecule has 1 saturated carbocycles. The molecule has 2 aliphatic carbocycles. The summed E-state index contributed by atoms with van der Waals surface area (Å²) in [5.41, 5.74) is 3.74. The predicted octanol–water partition coefficient (Wildman–Crippen LogP) is 4.09. The zero-order valence-electron chi connectivity index (χ0n) is 8.90. The minimum atomic E-state index is 0.560. The molecule has 0 spiro atoms. The van der Waals surface area contributed by atoms with E-state index >= 15 is 0 Å². The molecule has 0 nitrogen and oxygen atoms in total. The molecule has 0 heteroatoms. The van der Waals surface area contributed by atoms with E-state index in [0.29, 0.717) is 5.41 Å². The quantitative estimate of drug-likeness (QED) is 0.528. The maximum atomic E-state index is 4.01. The molecule has 2 rings (SSSR count). The Kier molecular flexibility index (Phi) is 2.09. The molecular formula is C13H20. The Balaban J connectivity index is 1.96. The Labute approximate surface area is 81.7 Å². The van der Waals surface area contributed by atoms with Gasteiger partial charge in [-0.2, -0.15) is 0 Å². The van der Waals surface area contributed by atoms with E-state index in [1.807, 2.05) is 0 Å². The molecule has 0 saturated heterocycles. The lowest BCUT2D eigenvalue weighted by Gasteiger charge is -2.36. The van der Waals surface area contributed by atoms with E-state index in [4.69, 9.17) is 0 Å². The van der Waals surface area contributed by atoms with Gasteiger partial charge in [-0.15, -0.1) is 0 Å². The molecule has 0 radical (unpaired) electrons. The van der Waals surface area contributed by atoms with Crippen LogP contribution in [0.5, 0.6) is 0 Å². The number of allylic oxidation sites excluding steroid dienone is 3. The van der Waals surface area contributed by atoms with Crippen molar-refractivity contribution < 1.29 is 0 Å². The summed E-state index contributed by atoms with van der Waals surface area (Å²) < 4.78 is 0. The molecule has 0 heterocycles. The molecular weight excluding hydrogens is 156 g/mol. The fourth-order valence-electron chi connectivity index (χ4n) is 2.36. The van der Waals surface area contributed by atoms with Crippen molar-refractivity contribution in [3.05, 3.63) is 23.8 Å². The number of hydrogen-bond donors (Lipinski definition) is 0. The van der Waals surface area contributed by atoms with E-state index in [0.717, 1.165) is 5.92 Å². The Bertz CT molecular complexity index is 247. The van der Waals surface area contributed by atoms with Crippen LogP contribution >= 0.6 is 0 Å². The second-order valence-corrected chi connectivity index (χ2v) is 5.50. The van der Waals surface area contributed by atoms with Gasteiger partial charge in [-0.25, -0.2) is 0 Å². The summed E-state index contributed by atoms with van der Waals surface area (Å²) in [6.45, 7) is 8.76. The summed E-state index contributed by atoms with van der Waals surface area (Å²) >= 11 is 0. The maximum Gasteiger partial charge on any atom is -0.0129 e. The topological polar surface area (TPSA) is 0 Å². The highest BCUT2D eigenvalue weighted by Crippen LogP contribution is 2.44. The van der Waals surface area contributed by atoms with Gasteiger partial charge in [0, 0.05) is 0 Å². The van der Waals surface area contributed by atoms with Gasteiger partial charge >= 0.3 is 0 Å². The number of hydrogen-bond acceptors (Lipinski definition) is 0. The van der Waals surface area contributed by atoms with Gasteiger partial charge in [0.15, 0.2) is 0 Å². The second kappa shape index (κ2) is 3.01. The molecule has 0 aromatic carbocycles. The highest BCUT2D eigenvalue weighted by atomic mass is 14.3. The van der Waals surface area contributed by atoms with Gasteiger partial charge in [-0.05, 0) is 43.4 Å². The second-order valence-electron chi connectivity index (χ2n) is 5.50. The molecule has 1 fully saturated rings. The highest BCUT2D eigenvalue weighted by molar-refractivity contribution is 5.23. The van der Waals surface area contributed by atoms with Crippen LogP contribution in [0.2, 0.25) is 0 Å². The first-order valence-electron chi connectivity index (χ1n) is 5.42. The number of rotatable bonds is 1. The summed E-state index contributed by atoms with van der Waals surface area (Å²) in [5.74, 6) is 0.878. The van der Waals surface area contributed by atoms with E-state index in [-0.39, 0.29) is 0 Å². The molecule has 0 bridgehead atoms. The van der Waals surface area contributed by atoms with Crippen LogP contribution < -0.4 is 0 Å². The van der Waals surface area contributed by atoms with E-state index in [1.165, 1.54) is 37.7 Å². The smallest absolute Gasteiger partial charge is 0.0129 e. The first-order valence-corrected chi connectivity index (χ1v) is 5.42. The minimum absolute atomic E-state index is 0.560. The van der Waals surface area contributed by atoms with E-state index < -0.39 is 0 Å². The third-order valence-electron chi connectivity index (χ3n) is 3.60. The van der Waals surface area contributed by atoms with Gasteiger partial charge in [0.25, 0.3) is 0 Å². The Morgan fingerprint density at radius 1 is 1.38 bits per heavy atom. The molecule has 0 amide bonds. The lowest BCUT2D eigenvalue weighted by atomic mass is 9.69. The lowest BCUT2D eigenvalue weighted by molar-refractivity contribution is 0.306. The normalized spacial score (nSPS) is 28.2. The third kappa shape index (κ3) is 1.87. The Morgan fingerprint density at radius 2 is 2.08 bits per heavy atom. The lowest BCUT2D eigenvalue weighted by Crippen LogP contribution is -2.22. The van der Waals surface area contributed by atoms with Crippen molar-refractivity contribution in [2.45, 2.75) is 46.0 Å². The van der Waals surface area contributed by atoms with Crippen molar-refractivity contribution in [2.24, 2.45) is 11.3 Å². The van der Waals surface area contributed by atoms with E-state index in [1.54, 1.807) is 5.57 Å². The molecule has 0 aromatic heterocycles. The third-order valence-corrected chi connectivity index (χ3v) is 3.60. The molecule has 72 valence electrons. The molecule has 0 N–H and O–H groups in total. The fraction of sp³-hybridized carbons (Fsp3) is 0.692. The standard InChI is InChI=1S/C13H20/c1-10-8-12(9-10)11-4-6-13(2,3)7-5-11/h4,12H,1,5-9H2,2-3H3. The largest absolute Gasteiger partial charge is 0.0998 e. The van der Waals surface area contributed by atoms with Crippen molar-refractivity contribution in [3.8, 4) is 0 Å². The first-order chi connectivity index (χ1) is 6.07. The molecule has 0 aromatic rings. The Hall–Kier alpha value is -0.520. The van der Waals surface area contributed by atoms with Crippen molar-refractivity contribution in [3.63, 3.8) is 0 Å². The van der Waals surface area contributed by atoms with Crippen LogP contribution in [0.1, 0.15) is 46.0 Å². The van der Waals surface area contributed by atoms with Crippen molar-refractivity contribution >= 4 is 0 Å². The minimum Gasteiger partial charge on any atom is -0.0998 e. The van der Waals surface area contributed by atoms with Crippen molar-refractivity contribution in [2.75, 3.05) is 0 Å². The average Bonchev–Trinajstić information content (AvgIpc) is 2.00. The summed E-state index contributed by atoms with van der Waals surface area (Å²) in [4.78, 5) is 0. The molecule has 0 aliphatic heterocycles. The highest BCUT2D eigenvalue weighted by Gasteiger charge is 2.29. The monoisotopic (exact) mass is 176 g/mol. The van der Waals surface area contributed by atoms with Gasteiger partial charge in [0.05, 0.1) is 0 Å². The van der Waals surface area contributed by atoms with Gasteiger partial charge < -0.3 is 0 Å². The summed E-state index contributed by atoms with van der Waals surface area (Å²) in [5, 5.41) is 0. The van der Waals surface area contributed by atoms with Gasteiger partial charge in [-0.3, -0.25) is 0 Å². The summed E-state index contributed by atoms with van der Waals surface area (Å²) in [6.07, 6.45) is 9.04. The molecule has 0 atom stereocenters. The van der Waals surface area contributed by atoms with Crippen LogP contribution in [0.3, 0.4) is 0 Å². The Morgan fingerprint density at radius 3 is 2.54 bits per heavy atom. The predicted molar refractivity (Wildman–Crippen MR) is 57.6 cm³/mol. The zero-order valence-corrected chi connectivity index (χ0v) is 8.90. The van der Waals surface area contributed by atoms with Crippen LogP contribution in [0.4, 0.5) is 0 Å². The summed E-state index contributed by atoms with van der Waals surface area (Å²) in [7, 11) is 0.